The number of halogens is 1. The number of carbonyl (C=O) groups is 1. The maximum Gasteiger partial charge on any atom is 0.270 e. The lowest BCUT2D eigenvalue weighted by Crippen LogP contribution is -2.27. The number of para-hydroxylation sites is 1. The molecule has 2 aromatic rings. The first-order valence-electron chi connectivity index (χ1n) is 8.08. The van der Waals surface area contributed by atoms with Gasteiger partial charge in [-0.05, 0) is 42.8 Å². The zero-order valence-corrected chi connectivity index (χ0v) is 15.2. The number of anilines is 1. The molecule has 130 valence electrons. The monoisotopic (exact) mass is 383 g/mol. The number of thiocarbonyl (C=S) groups is 1. The number of thioether (sulfide) groups is 1. The van der Waals surface area contributed by atoms with Crippen LogP contribution in [0.25, 0.3) is 6.08 Å². The van der Waals surface area contributed by atoms with Crippen LogP contribution in [-0.2, 0) is 4.79 Å². The molecule has 0 saturated carbocycles. The van der Waals surface area contributed by atoms with Crippen molar-refractivity contribution >= 4 is 46.0 Å². The molecule has 2 aliphatic rings. The number of nitrogens with zero attached hydrogens (tertiary/aromatic N) is 1. The molecule has 0 spiro atoms. The van der Waals surface area contributed by atoms with Crippen LogP contribution < -0.4 is 4.90 Å². The minimum atomic E-state index is -0.224. The molecule has 1 aliphatic heterocycles. The Morgan fingerprint density at radius 2 is 2.04 bits per heavy atom. The second kappa shape index (κ2) is 7.05. The molecule has 2 heterocycles. The van der Waals surface area contributed by atoms with Crippen molar-refractivity contribution in [2.75, 3.05) is 4.90 Å². The van der Waals surface area contributed by atoms with Gasteiger partial charge in [-0.25, -0.2) is 4.39 Å². The Balaban J connectivity index is 1.55. The summed E-state index contributed by atoms with van der Waals surface area (Å²) in [7, 11) is 0. The molecular formula is C20H14FNO2S2. The third-order valence-corrected chi connectivity index (χ3v) is 5.45. The van der Waals surface area contributed by atoms with E-state index < -0.39 is 0 Å². The fourth-order valence-electron chi connectivity index (χ4n) is 2.85. The topological polar surface area (TPSA) is 33.5 Å². The summed E-state index contributed by atoms with van der Waals surface area (Å²) in [4.78, 5) is 14.8. The average Bonchev–Trinajstić information content (AvgIpc) is 3.21. The molecule has 4 rings (SSSR count). The Hall–Kier alpha value is -2.44. The first-order valence-corrected chi connectivity index (χ1v) is 9.31. The zero-order valence-electron chi connectivity index (χ0n) is 13.6. The quantitative estimate of drug-likeness (QED) is 0.512. The second-order valence-electron chi connectivity index (χ2n) is 5.88. The van der Waals surface area contributed by atoms with Crippen LogP contribution in [0.3, 0.4) is 0 Å². The Labute approximate surface area is 159 Å². The molecule has 0 N–H and O–H groups in total. The highest BCUT2D eigenvalue weighted by Crippen LogP contribution is 2.36. The van der Waals surface area contributed by atoms with E-state index >= 15 is 0 Å². The van der Waals surface area contributed by atoms with E-state index in [0.29, 0.717) is 21.4 Å². The first kappa shape index (κ1) is 17.0. The van der Waals surface area contributed by atoms with Crippen molar-refractivity contribution in [3.05, 3.63) is 82.9 Å². The normalized spacial score (nSPS) is 21.6. The number of allylic oxidation sites excluding steroid dienone is 4. The average molecular weight is 383 g/mol. The molecule has 0 radical (unpaired) electrons. The lowest BCUT2D eigenvalue weighted by Gasteiger charge is -2.13. The Bertz CT molecular complexity index is 959. The van der Waals surface area contributed by atoms with Crippen LogP contribution in [0, 0.1) is 0 Å². The van der Waals surface area contributed by atoms with Crippen molar-refractivity contribution in [1.82, 2.24) is 0 Å². The maximum absolute atomic E-state index is 13.1. The van der Waals surface area contributed by atoms with Crippen molar-refractivity contribution in [1.29, 1.82) is 0 Å². The standard InChI is InChI=1S/C20H14FNO2S2/c21-14-8-6-13(7-9-14)17-11-10-16(24-17)12-18-19(23)22(20(25)26-18)15-4-2-1-3-5-15/h1-6,8-13H,7H2/b18-12+. The predicted octanol–water partition coefficient (Wildman–Crippen LogP) is 5.58. The highest BCUT2D eigenvalue weighted by molar-refractivity contribution is 8.27. The van der Waals surface area contributed by atoms with Gasteiger partial charge in [0.2, 0.25) is 0 Å². The minimum absolute atomic E-state index is 0.00970. The van der Waals surface area contributed by atoms with E-state index in [0.717, 1.165) is 11.4 Å². The van der Waals surface area contributed by atoms with Gasteiger partial charge in [0.05, 0.1) is 10.6 Å². The molecule has 1 aliphatic carbocycles. The second-order valence-corrected chi connectivity index (χ2v) is 7.56. The summed E-state index contributed by atoms with van der Waals surface area (Å²) in [5, 5.41) is 0. The maximum atomic E-state index is 13.1. The molecule has 1 aromatic heterocycles. The number of rotatable bonds is 3. The molecular weight excluding hydrogens is 369 g/mol. The summed E-state index contributed by atoms with van der Waals surface area (Å²) in [6, 6.07) is 13.0. The van der Waals surface area contributed by atoms with Crippen LogP contribution in [0.4, 0.5) is 10.1 Å². The molecule has 26 heavy (non-hydrogen) atoms. The van der Waals surface area contributed by atoms with Crippen LogP contribution >= 0.6 is 24.0 Å². The van der Waals surface area contributed by atoms with Gasteiger partial charge >= 0.3 is 0 Å². The molecule has 1 fully saturated rings. The fraction of sp³-hybridized carbons (Fsp3) is 0.100. The van der Waals surface area contributed by atoms with Gasteiger partial charge in [-0.2, -0.15) is 0 Å². The zero-order chi connectivity index (χ0) is 18.1. The Morgan fingerprint density at radius 3 is 2.77 bits per heavy atom. The molecule has 1 amide bonds. The smallest absolute Gasteiger partial charge is 0.270 e. The van der Waals surface area contributed by atoms with E-state index in [9.17, 15) is 9.18 Å². The van der Waals surface area contributed by atoms with Gasteiger partial charge in [-0.15, -0.1) is 0 Å². The number of hydrogen-bond donors (Lipinski definition) is 0. The summed E-state index contributed by atoms with van der Waals surface area (Å²) in [5.41, 5.74) is 0.750. The summed E-state index contributed by atoms with van der Waals surface area (Å²) in [6.45, 7) is 0. The van der Waals surface area contributed by atoms with Crippen molar-refractivity contribution in [3.63, 3.8) is 0 Å². The van der Waals surface area contributed by atoms with Gasteiger partial charge in [0.1, 0.15) is 17.3 Å². The highest BCUT2D eigenvalue weighted by Gasteiger charge is 2.33. The molecule has 1 unspecified atom stereocenters. The lowest BCUT2D eigenvalue weighted by molar-refractivity contribution is -0.113. The number of amides is 1. The lowest BCUT2D eigenvalue weighted by atomic mass is 9.98. The Kier molecular flexibility index (Phi) is 4.61. The number of carbonyl (C=O) groups excluding carboxylic acids is 1. The van der Waals surface area contributed by atoms with Crippen LogP contribution in [0.1, 0.15) is 23.9 Å². The third-order valence-electron chi connectivity index (χ3n) is 4.15. The SMILES string of the molecule is O=C1/C(=C\c2ccc(C3C=CC(F)=CC3)o2)SC(=S)N1c1ccccc1. The summed E-state index contributed by atoms with van der Waals surface area (Å²) >= 11 is 6.61. The molecule has 1 aromatic carbocycles. The van der Waals surface area contributed by atoms with Gasteiger partial charge in [-0.3, -0.25) is 9.69 Å². The number of hydrogen-bond acceptors (Lipinski definition) is 4. The van der Waals surface area contributed by atoms with E-state index in [2.05, 4.69) is 0 Å². The van der Waals surface area contributed by atoms with Gasteiger partial charge < -0.3 is 4.42 Å². The van der Waals surface area contributed by atoms with E-state index in [-0.39, 0.29) is 17.7 Å². The van der Waals surface area contributed by atoms with E-state index in [4.69, 9.17) is 16.6 Å². The predicted molar refractivity (Wildman–Crippen MR) is 106 cm³/mol. The molecule has 1 saturated heterocycles. The fourth-order valence-corrected chi connectivity index (χ4v) is 4.13. The molecule has 6 heteroatoms. The van der Waals surface area contributed by atoms with Gasteiger partial charge in [0, 0.05) is 12.0 Å². The largest absolute Gasteiger partial charge is 0.461 e. The number of furan rings is 1. The van der Waals surface area contributed by atoms with Crippen LogP contribution in [0.15, 0.2) is 75.8 Å². The first-order chi connectivity index (χ1) is 12.6. The van der Waals surface area contributed by atoms with Crippen molar-refractivity contribution in [2.24, 2.45) is 0 Å². The van der Waals surface area contributed by atoms with Gasteiger partial charge in [0.25, 0.3) is 5.91 Å². The summed E-state index contributed by atoms with van der Waals surface area (Å²) in [6.07, 6.45) is 7.03. The van der Waals surface area contributed by atoms with Gasteiger partial charge in [0.15, 0.2) is 4.32 Å². The van der Waals surface area contributed by atoms with E-state index in [1.165, 1.54) is 28.8 Å². The van der Waals surface area contributed by atoms with Crippen LogP contribution in [0.2, 0.25) is 0 Å². The van der Waals surface area contributed by atoms with Gasteiger partial charge in [-0.1, -0.05) is 48.3 Å². The van der Waals surface area contributed by atoms with Crippen molar-refractivity contribution < 1.29 is 13.6 Å². The van der Waals surface area contributed by atoms with Crippen molar-refractivity contribution in [2.45, 2.75) is 12.3 Å². The Morgan fingerprint density at radius 1 is 1.23 bits per heavy atom. The van der Waals surface area contributed by atoms with Crippen LogP contribution in [0.5, 0.6) is 0 Å². The van der Waals surface area contributed by atoms with Crippen LogP contribution in [-0.4, -0.2) is 10.2 Å². The third kappa shape index (κ3) is 3.30. The summed E-state index contributed by atoms with van der Waals surface area (Å²) in [5.74, 6) is 0.951. The number of benzene rings is 1. The minimum Gasteiger partial charge on any atom is -0.461 e. The van der Waals surface area contributed by atoms with Crippen molar-refractivity contribution in [3.8, 4) is 0 Å². The molecule has 0 bridgehead atoms. The van der Waals surface area contributed by atoms with E-state index in [1.807, 2.05) is 42.5 Å². The summed E-state index contributed by atoms with van der Waals surface area (Å²) < 4.78 is 19.4. The highest BCUT2D eigenvalue weighted by atomic mass is 32.2. The molecule has 3 nitrogen and oxygen atoms in total. The molecule has 1 atom stereocenters. The van der Waals surface area contributed by atoms with E-state index in [1.54, 1.807) is 12.2 Å².